The van der Waals surface area contributed by atoms with Crippen LogP contribution in [0.4, 0.5) is 0 Å². The lowest BCUT2D eigenvalue weighted by Gasteiger charge is -2.22. The fourth-order valence-electron chi connectivity index (χ4n) is 3.06. The van der Waals surface area contributed by atoms with E-state index < -0.39 is 6.00 Å². The molecule has 0 aromatic heterocycles. The average molecular weight is 403 g/mol. The van der Waals surface area contributed by atoms with Crippen LogP contribution in [0, 0.1) is 0 Å². The van der Waals surface area contributed by atoms with Crippen LogP contribution in [0.1, 0.15) is 103 Å². The standard InChI is InChI=1S/C18H38Cl3NSi/c1-2-3-4-9-12-15-18(23(19,20)21)16-13-10-7-5-6-8-11-14-17-22/h18H,2-17,22H2,1H3. The third-order valence-corrected chi connectivity index (χ3v) is 8.91. The van der Waals surface area contributed by atoms with Crippen LogP contribution in [-0.4, -0.2) is 12.5 Å². The predicted molar refractivity (Wildman–Crippen MR) is 111 cm³/mol. The van der Waals surface area contributed by atoms with E-state index in [1.54, 1.807) is 0 Å². The lowest BCUT2D eigenvalue weighted by Crippen LogP contribution is -2.20. The fraction of sp³-hybridized carbons (Fsp3) is 1.00. The molecule has 0 aliphatic heterocycles. The maximum absolute atomic E-state index is 6.31. The van der Waals surface area contributed by atoms with Crippen molar-refractivity contribution in [1.82, 2.24) is 0 Å². The van der Waals surface area contributed by atoms with E-state index in [1.807, 2.05) is 0 Å². The van der Waals surface area contributed by atoms with E-state index in [-0.39, 0.29) is 0 Å². The first-order valence-electron chi connectivity index (χ1n) is 9.79. The van der Waals surface area contributed by atoms with E-state index in [0.717, 1.165) is 19.4 Å². The summed E-state index contributed by atoms with van der Waals surface area (Å²) in [4.78, 5) is 0. The highest BCUT2D eigenvalue weighted by atomic mass is 35.8. The molecular formula is C18H38Cl3NSi. The van der Waals surface area contributed by atoms with Gasteiger partial charge in [0.05, 0.1) is 0 Å². The highest BCUT2D eigenvalue weighted by Gasteiger charge is 2.35. The van der Waals surface area contributed by atoms with Crippen molar-refractivity contribution in [3.63, 3.8) is 0 Å². The maximum atomic E-state index is 6.31. The zero-order valence-corrected chi connectivity index (χ0v) is 18.4. The summed E-state index contributed by atoms with van der Waals surface area (Å²) >= 11 is 18.9. The van der Waals surface area contributed by atoms with Crippen molar-refractivity contribution >= 4 is 39.2 Å². The second-order valence-corrected chi connectivity index (χ2v) is 15.9. The summed E-state index contributed by atoms with van der Waals surface area (Å²) in [5.41, 5.74) is 5.86. The van der Waals surface area contributed by atoms with Crippen LogP contribution >= 0.6 is 33.2 Å². The number of halogens is 3. The molecule has 0 aliphatic carbocycles. The highest BCUT2D eigenvalue weighted by molar-refractivity contribution is 7.65. The maximum Gasteiger partial charge on any atom is 0.344 e. The van der Waals surface area contributed by atoms with Gasteiger partial charge in [-0.15, -0.1) is 33.2 Å². The van der Waals surface area contributed by atoms with E-state index in [0.29, 0.717) is 5.54 Å². The number of rotatable bonds is 17. The molecule has 23 heavy (non-hydrogen) atoms. The Bertz CT molecular complexity index is 247. The lowest BCUT2D eigenvalue weighted by atomic mass is 10.0. The third-order valence-electron chi connectivity index (χ3n) is 4.63. The molecule has 0 saturated heterocycles. The van der Waals surface area contributed by atoms with Gasteiger partial charge >= 0.3 is 6.00 Å². The van der Waals surface area contributed by atoms with Gasteiger partial charge in [-0.2, -0.15) is 0 Å². The number of hydrogen-bond acceptors (Lipinski definition) is 1. The second-order valence-electron chi connectivity index (χ2n) is 6.85. The Morgan fingerprint density at radius 2 is 1.04 bits per heavy atom. The molecule has 0 rings (SSSR count). The van der Waals surface area contributed by atoms with Gasteiger partial charge < -0.3 is 5.73 Å². The molecule has 2 N–H and O–H groups in total. The highest BCUT2D eigenvalue weighted by Crippen LogP contribution is 2.41. The van der Waals surface area contributed by atoms with Gasteiger partial charge in [0.1, 0.15) is 0 Å². The van der Waals surface area contributed by atoms with Crippen molar-refractivity contribution in [2.45, 2.75) is 109 Å². The molecule has 0 aromatic rings. The van der Waals surface area contributed by atoms with Crippen molar-refractivity contribution in [3.05, 3.63) is 0 Å². The Morgan fingerprint density at radius 1 is 0.652 bits per heavy atom. The minimum Gasteiger partial charge on any atom is -0.330 e. The summed E-state index contributed by atoms with van der Waals surface area (Å²) in [6.45, 7) is 3.08. The van der Waals surface area contributed by atoms with Crippen LogP contribution in [-0.2, 0) is 0 Å². The minimum absolute atomic E-state index is 0.360. The predicted octanol–water partition coefficient (Wildman–Crippen LogP) is 7.84. The second kappa shape index (κ2) is 16.5. The average Bonchev–Trinajstić information content (AvgIpc) is 2.50. The molecule has 0 spiro atoms. The van der Waals surface area contributed by atoms with Crippen LogP contribution in [0.15, 0.2) is 0 Å². The molecule has 0 aromatic carbocycles. The number of hydrogen-bond donors (Lipinski definition) is 1. The molecule has 5 heteroatoms. The Morgan fingerprint density at radius 3 is 1.43 bits per heavy atom. The molecule has 0 heterocycles. The normalized spacial score (nSPS) is 13.4. The number of nitrogens with two attached hydrogens (primary N) is 1. The molecule has 1 nitrogen and oxygen atoms in total. The SMILES string of the molecule is CCCCCCCC(CCCCCCCCCCN)[Si](Cl)(Cl)Cl. The first kappa shape index (κ1) is 24.0. The van der Waals surface area contributed by atoms with Crippen LogP contribution < -0.4 is 5.73 Å². The molecule has 0 fully saturated rings. The summed E-state index contributed by atoms with van der Waals surface area (Å²) < 4.78 is 0. The molecule has 0 radical (unpaired) electrons. The van der Waals surface area contributed by atoms with Gasteiger partial charge in [0.2, 0.25) is 0 Å². The first-order chi connectivity index (χ1) is 11.0. The van der Waals surface area contributed by atoms with Gasteiger partial charge in [0, 0.05) is 0 Å². The summed E-state index contributed by atoms with van der Waals surface area (Å²) in [7, 11) is 0. The molecule has 1 atom stereocenters. The van der Waals surface area contributed by atoms with Gasteiger partial charge in [-0.3, -0.25) is 0 Å². The van der Waals surface area contributed by atoms with Gasteiger partial charge in [0.25, 0.3) is 0 Å². The van der Waals surface area contributed by atoms with Crippen molar-refractivity contribution in [2.75, 3.05) is 6.54 Å². The molecular weight excluding hydrogens is 365 g/mol. The fourth-order valence-corrected chi connectivity index (χ4v) is 6.09. The van der Waals surface area contributed by atoms with Crippen LogP contribution in [0.5, 0.6) is 0 Å². The zero-order valence-electron chi connectivity index (χ0n) is 15.1. The summed E-state index contributed by atoms with van der Waals surface area (Å²) in [6.07, 6.45) is 19.0. The Hall–Kier alpha value is 1.05. The Labute approximate surface area is 160 Å². The van der Waals surface area contributed by atoms with Crippen LogP contribution in [0.25, 0.3) is 0 Å². The summed E-state index contributed by atoms with van der Waals surface area (Å²) in [5, 5.41) is 0. The number of unbranched alkanes of at least 4 members (excludes halogenated alkanes) is 11. The third kappa shape index (κ3) is 16.3. The van der Waals surface area contributed by atoms with Crippen LogP contribution in [0.2, 0.25) is 5.54 Å². The molecule has 1 unspecified atom stereocenters. The molecule has 0 saturated carbocycles. The molecule has 140 valence electrons. The van der Waals surface area contributed by atoms with Crippen molar-refractivity contribution in [1.29, 1.82) is 0 Å². The largest absolute Gasteiger partial charge is 0.344 e. The monoisotopic (exact) mass is 401 g/mol. The summed E-state index contributed by atoms with van der Waals surface area (Å²) in [6, 6.07) is -2.54. The van der Waals surface area contributed by atoms with Crippen molar-refractivity contribution < 1.29 is 0 Å². The molecule has 0 bridgehead atoms. The lowest BCUT2D eigenvalue weighted by molar-refractivity contribution is 0.528. The Kier molecular flexibility index (Phi) is 17.3. The van der Waals surface area contributed by atoms with E-state index in [9.17, 15) is 0 Å². The molecule has 0 amide bonds. The van der Waals surface area contributed by atoms with Gasteiger partial charge in [-0.25, -0.2) is 0 Å². The zero-order chi connectivity index (χ0) is 17.4. The molecule has 0 aliphatic rings. The van der Waals surface area contributed by atoms with E-state index in [1.165, 1.54) is 83.5 Å². The summed E-state index contributed by atoms with van der Waals surface area (Å²) in [5.74, 6) is 0. The van der Waals surface area contributed by atoms with Gasteiger partial charge in [-0.1, -0.05) is 84.0 Å². The van der Waals surface area contributed by atoms with Crippen LogP contribution in [0.3, 0.4) is 0 Å². The van der Waals surface area contributed by atoms with Crippen molar-refractivity contribution in [3.8, 4) is 0 Å². The quantitative estimate of drug-likeness (QED) is 0.150. The Balaban J connectivity index is 3.65. The van der Waals surface area contributed by atoms with Crippen molar-refractivity contribution in [2.24, 2.45) is 5.73 Å². The van der Waals surface area contributed by atoms with E-state index >= 15 is 0 Å². The van der Waals surface area contributed by atoms with E-state index in [4.69, 9.17) is 39.0 Å². The van der Waals surface area contributed by atoms with Gasteiger partial charge in [-0.05, 0) is 31.3 Å². The topological polar surface area (TPSA) is 26.0 Å². The first-order valence-corrected chi connectivity index (χ1v) is 14.9. The van der Waals surface area contributed by atoms with Gasteiger partial charge in [0.15, 0.2) is 0 Å². The smallest absolute Gasteiger partial charge is 0.330 e. The van der Waals surface area contributed by atoms with E-state index in [2.05, 4.69) is 6.92 Å². The minimum atomic E-state index is -2.54.